The number of halogens is 1. The standard InChI is InChI=1S/C20H14ClN5O2/c21-18-12-15(6-8-17(18)20(27)28)22-10-9-19-23-24-25-26(19)16-7-5-13-3-1-2-4-14(13)11-16/h1-12,22H,(H,27,28). The highest BCUT2D eigenvalue weighted by atomic mass is 35.5. The molecule has 1 heterocycles. The molecule has 1 aromatic heterocycles. The average molecular weight is 392 g/mol. The van der Waals surface area contributed by atoms with Gasteiger partial charge in [-0.2, -0.15) is 4.68 Å². The van der Waals surface area contributed by atoms with Gasteiger partial charge in [-0.25, -0.2) is 4.79 Å². The van der Waals surface area contributed by atoms with E-state index in [1.54, 1.807) is 29.1 Å². The van der Waals surface area contributed by atoms with Gasteiger partial charge in [0.2, 0.25) is 0 Å². The summed E-state index contributed by atoms with van der Waals surface area (Å²) in [5.74, 6) is -0.530. The van der Waals surface area contributed by atoms with Crippen LogP contribution in [0, 0.1) is 0 Å². The second kappa shape index (κ2) is 7.50. The molecule has 0 aliphatic carbocycles. The number of carbonyl (C=O) groups is 1. The first-order valence-electron chi connectivity index (χ1n) is 8.35. The van der Waals surface area contributed by atoms with Gasteiger partial charge in [-0.15, -0.1) is 5.10 Å². The van der Waals surface area contributed by atoms with E-state index in [0.29, 0.717) is 11.5 Å². The number of carboxylic acid groups (broad SMARTS) is 1. The number of aromatic carboxylic acids is 1. The van der Waals surface area contributed by atoms with Gasteiger partial charge in [0.05, 0.1) is 16.3 Å². The zero-order valence-electron chi connectivity index (χ0n) is 14.5. The molecule has 3 aromatic carbocycles. The van der Waals surface area contributed by atoms with Crippen molar-refractivity contribution < 1.29 is 9.90 Å². The van der Waals surface area contributed by atoms with E-state index in [4.69, 9.17) is 16.7 Å². The van der Waals surface area contributed by atoms with Gasteiger partial charge in [0.25, 0.3) is 0 Å². The minimum Gasteiger partial charge on any atom is -0.478 e. The Kier molecular flexibility index (Phi) is 4.74. The molecule has 4 rings (SSSR count). The SMILES string of the molecule is O=C(O)c1ccc(NC=Cc2nnnn2-c2ccc3ccccc3c2)cc1Cl. The number of nitrogens with one attached hydrogen (secondary N) is 1. The van der Waals surface area contributed by atoms with Crippen LogP contribution in [0.15, 0.2) is 66.9 Å². The van der Waals surface area contributed by atoms with Crippen molar-refractivity contribution in [1.29, 1.82) is 0 Å². The normalized spacial score (nSPS) is 11.2. The van der Waals surface area contributed by atoms with E-state index in [0.717, 1.165) is 16.5 Å². The fraction of sp³-hybridized carbons (Fsp3) is 0. The molecule has 0 aliphatic heterocycles. The lowest BCUT2D eigenvalue weighted by Gasteiger charge is -2.05. The monoisotopic (exact) mass is 391 g/mol. The Morgan fingerprint density at radius 1 is 1.07 bits per heavy atom. The maximum atomic E-state index is 11.0. The molecule has 7 nitrogen and oxygen atoms in total. The third-order valence-corrected chi connectivity index (χ3v) is 4.47. The Hall–Kier alpha value is -3.71. The molecule has 0 unspecified atom stereocenters. The number of rotatable bonds is 5. The van der Waals surface area contributed by atoms with E-state index in [9.17, 15) is 4.79 Å². The summed E-state index contributed by atoms with van der Waals surface area (Å²) in [6, 6.07) is 18.7. The van der Waals surface area contributed by atoms with Crippen molar-refractivity contribution in [1.82, 2.24) is 20.2 Å². The smallest absolute Gasteiger partial charge is 0.337 e. The molecule has 4 aromatic rings. The van der Waals surface area contributed by atoms with Gasteiger partial charge in [-0.1, -0.05) is 41.9 Å². The lowest BCUT2D eigenvalue weighted by Crippen LogP contribution is -2.00. The van der Waals surface area contributed by atoms with E-state index in [1.807, 2.05) is 42.5 Å². The van der Waals surface area contributed by atoms with Crippen molar-refractivity contribution >= 4 is 40.1 Å². The van der Waals surface area contributed by atoms with Crippen molar-refractivity contribution in [3.8, 4) is 5.69 Å². The molecule has 0 radical (unpaired) electrons. The zero-order chi connectivity index (χ0) is 19.5. The Morgan fingerprint density at radius 2 is 1.89 bits per heavy atom. The fourth-order valence-electron chi connectivity index (χ4n) is 2.78. The minimum atomic E-state index is -1.07. The summed E-state index contributed by atoms with van der Waals surface area (Å²) in [5.41, 5.74) is 1.55. The van der Waals surface area contributed by atoms with E-state index in [-0.39, 0.29) is 10.6 Å². The number of hydrogen-bond acceptors (Lipinski definition) is 5. The summed E-state index contributed by atoms with van der Waals surface area (Å²) in [6.45, 7) is 0. The topological polar surface area (TPSA) is 92.9 Å². The number of tetrazole rings is 1. The summed E-state index contributed by atoms with van der Waals surface area (Å²) >= 11 is 5.97. The summed E-state index contributed by atoms with van der Waals surface area (Å²) in [4.78, 5) is 11.0. The molecular formula is C20H14ClN5O2. The van der Waals surface area contributed by atoms with Crippen LogP contribution in [0.3, 0.4) is 0 Å². The molecule has 8 heteroatoms. The minimum absolute atomic E-state index is 0.0523. The molecular weight excluding hydrogens is 378 g/mol. The van der Waals surface area contributed by atoms with Gasteiger partial charge in [0.1, 0.15) is 0 Å². The molecule has 0 spiro atoms. The molecule has 0 saturated carbocycles. The maximum Gasteiger partial charge on any atom is 0.337 e. The van der Waals surface area contributed by atoms with Crippen molar-refractivity contribution in [2.75, 3.05) is 5.32 Å². The molecule has 0 fully saturated rings. The molecule has 0 bridgehead atoms. The first-order chi connectivity index (χ1) is 13.6. The first-order valence-corrected chi connectivity index (χ1v) is 8.73. The van der Waals surface area contributed by atoms with Crippen LogP contribution in [0.5, 0.6) is 0 Å². The van der Waals surface area contributed by atoms with Gasteiger partial charge in [-0.05, 0) is 51.5 Å². The summed E-state index contributed by atoms with van der Waals surface area (Å²) in [7, 11) is 0. The summed E-state index contributed by atoms with van der Waals surface area (Å²) in [5, 5.41) is 26.3. The largest absolute Gasteiger partial charge is 0.478 e. The highest BCUT2D eigenvalue weighted by Gasteiger charge is 2.09. The second-order valence-electron chi connectivity index (χ2n) is 5.96. The van der Waals surface area contributed by atoms with Gasteiger partial charge in [0.15, 0.2) is 5.82 Å². The molecule has 2 N–H and O–H groups in total. The van der Waals surface area contributed by atoms with Crippen LogP contribution in [0.2, 0.25) is 5.02 Å². The van der Waals surface area contributed by atoms with Crippen molar-refractivity contribution in [2.24, 2.45) is 0 Å². The molecule has 0 aliphatic rings. The third kappa shape index (κ3) is 3.56. The zero-order valence-corrected chi connectivity index (χ0v) is 15.2. The van der Waals surface area contributed by atoms with Crippen molar-refractivity contribution in [2.45, 2.75) is 0 Å². The number of fused-ring (bicyclic) bond motifs is 1. The average Bonchev–Trinajstić information content (AvgIpc) is 3.16. The second-order valence-corrected chi connectivity index (χ2v) is 6.36. The number of carboxylic acids is 1. The van der Waals surface area contributed by atoms with Crippen molar-refractivity contribution in [3.05, 3.63) is 83.3 Å². The third-order valence-electron chi connectivity index (χ3n) is 4.15. The van der Waals surface area contributed by atoms with Gasteiger partial charge in [-0.3, -0.25) is 0 Å². The Balaban J connectivity index is 1.55. The van der Waals surface area contributed by atoms with Gasteiger partial charge in [0, 0.05) is 18.0 Å². The fourth-order valence-corrected chi connectivity index (χ4v) is 3.04. The number of hydrogen-bond donors (Lipinski definition) is 2. The number of benzene rings is 3. The number of nitrogens with zero attached hydrogens (tertiary/aromatic N) is 4. The summed E-state index contributed by atoms with van der Waals surface area (Å²) < 4.78 is 1.63. The predicted octanol–water partition coefficient (Wildman–Crippen LogP) is 4.25. The van der Waals surface area contributed by atoms with Crippen LogP contribution in [0.25, 0.3) is 22.5 Å². The lowest BCUT2D eigenvalue weighted by atomic mass is 10.1. The molecule has 28 heavy (non-hydrogen) atoms. The maximum absolute atomic E-state index is 11.0. The molecule has 0 atom stereocenters. The Labute approximate surface area is 164 Å². The van der Waals surface area contributed by atoms with Crippen LogP contribution in [0.1, 0.15) is 16.2 Å². The molecule has 138 valence electrons. The molecule has 0 amide bonds. The number of aromatic nitrogens is 4. The lowest BCUT2D eigenvalue weighted by molar-refractivity contribution is 0.0697. The molecule has 0 saturated heterocycles. The van der Waals surface area contributed by atoms with E-state index in [1.165, 1.54) is 6.07 Å². The van der Waals surface area contributed by atoms with Crippen LogP contribution in [-0.2, 0) is 0 Å². The van der Waals surface area contributed by atoms with Gasteiger partial charge < -0.3 is 10.4 Å². The van der Waals surface area contributed by atoms with E-state index in [2.05, 4.69) is 20.8 Å². The Morgan fingerprint density at radius 3 is 2.68 bits per heavy atom. The highest BCUT2D eigenvalue weighted by molar-refractivity contribution is 6.33. The number of anilines is 1. The highest BCUT2D eigenvalue weighted by Crippen LogP contribution is 2.21. The summed E-state index contributed by atoms with van der Waals surface area (Å²) in [6.07, 6.45) is 3.38. The van der Waals surface area contributed by atoms with Crippen LogP contribution in [0.4, 0.5) is 5.69 Å². The first kappa shape index (κ1) is 17.7. The van der Waals surface area contributed by atoms with E-state index >= 15 is 0 Å². The Bertz CT molecular complexity index is 1200. The predicted molar refractivity (Wildman–Crippen MR) is 108 cm³/mol. The van der Waals surface area contributed by atoms with E-state index < -0.39 is 5.97 Å². The van der Waals surface area contributed by atoms with Crippen LogP contribution >= 0.6 is 11.6 Å². The van der Waals surface area contributed by atoms with Crippen molar-refractivity contribution in [3.63, 3.8) is 0 Å². The van der Waals surface area contributed by atoms with Crippen LogP contribution in [-0.4, -0.2) is 31.3 Å². The van der Waals surface area contributed by atoms with Gasteiger partial charge >= 0.3 is 5.97 Å². The quantitative estimate of drug-likeness (QED) is 0.528. The van der Waals surface area contributed by atoms with Crippen LogP contribution < -0.4 is 5.32 Å².